The lowest BCUT2D eigenvalue weighted by Gasteiger charge is -2.35. The first-order chi connectivity index (χ1) is 9.02. The predicted molar refractivity (Wildman–Crippen MR) is 81.9 cm³/mol. The van der Waals surface area contributed by atoms with Crippen LogP contribution in [0, 0.1) is 4.64 Å². The lowest BCUT2D eigenvalue weighted by atomic mass is 10.2. The molecule has 0 radical (unpaired) electrons. The number of aryl methyl sites for hydroxylation is 1. The number of H-pyrrole nitrogens is 1. The quantitative estimate of drug-likeness (QED) is 0.853. The molecule has 1 aliphatic rings. The largest absolute Gasteiger partial charge is 0.368 e. The molecule has 19 heavy (non-hydrogen) atoms. The van der Waals surface area contributed by atoms with Crippen LogP contribution in [0.1, 0.15) is 38.4 Å². The van der Waals surface area contributed by atoms with Crippen molar-refractivity contribution in [2.75, 3.05) is 19.7 Å². The first kappa shape index (κ1) is 15.1. The Kier molecular flexibility index (Phi) is 5.11. The molecule has 0 bridgehead atoms. The second-order valence-electron chi connectivity index (χ2n) is 5.02. The Balaban J connectivity index is 2.26. The SMILES string of the molecule is CCc1[nH]c(C2CN(C(C)C)CCO2)nc(=S)c1Br. The summed E-state index contributed by atoms with van der Waals surface area (Å²) in [7, 11) is 0. The van der Waals surface area contributed by atoms with Crippen molar-refractivity contribution in [1.29, 1.82) is 0 Å². The van der Waals surface area contributed by atoms with Crippen LogP contribution in [-0.2, 0) is 11.2 Å². The van der Waals surface area contributed by atoms with Gasteiger partial charge in [0.2, 0.25) is 0 Å². The number of nitrogens with one attached hydrogen (secondary N) is 1. The number of rotatable bonds is 3. The van der Waals surface area contributed by atoms with Crippen LogP contribution >= 0.6 is 28.1 Å². The Hall–Kier alpha value is -0.300. The van der Waals surface area contributed by atoms with Crippen LogP contribution < -0.4 is 0 Å². The Labute approximate surface area is 127 Å². The van der Waals surface area contributed by atoms with Crippen LogP contribution in [0.15, 0.2) is 4.47 Å². The van der Waals surface area contributed by atoms with E-state index in [4.69, 9.17) is 17.0 Å². The Morgan fingerprint density at radius 1 is 1.58 bits per heavy atom. The highest BCUT2D eigenvalue weighted by molar-refractivity contribution is 9.10. The van der Waals surface area contributed by atoms with Gasteiger partial charge in [-0.3, -0.25) is 4.90 Å². The standard InChI is InChI=1S/C13H20BrN3OS/c1-4-9-11(14)13(19)16-12(15-9)10-7-17(8(2)3)5-6-18-10/h8,10H,4-7H2,1-3H3,(H,15,16,19). The lowest BCUT2D eigenvalue weighted by Crippen LogP contribution is -2.42. The van der Waals surface area contributed by atoms with Crippen LogP contribution in [0.2, 0.25) is 0 Å². The zero-order valence-electron chi connectivity index (χ0n) is 11.6. The topological polar surface area (TPSA) is 41.2 Å². The molecule has 1 unspecified atom stereocenters. The van der Waals surface area contributed by atoms with Gasteiger partial charge in [0.05, 0.1) is 11.1 Å². The van der Waals surface area contributed by atoms with Gasteiger partial charge in [0.1, 0.15) is 16.6 Å². The lowest BCUT2D eigenvalue weighted by molar-refractivity contribution is -0.0444. The Morgan fingerprint density at radius 2 is 2.32 bits per heavy atom. The third kappa shape index (κ3) is 3.42. The van der Waals surface area contributed by atoms with Gasteiger partial charge in [-0.1, -0.05) is 19.1 Å². The monoisotopic (exact) mass is 345 g/mol. The van der Waals surface area contributed by atoms with Gasteiger partial charge in [-0.25, -0.2) is 4.98 Å². The van der Waals surface area contributed by atoms with Crippen LogP contribution in [0.3, 0.4) is 0 Å². The van der Waals surface area contributed by atoms with Crippen LogP contribution in [0.25, 0.3) is 0 Å². The van der Waals surface area contributed by atoms with Gasteiger partial charge in [-0.2, -0.15) is 0 Å². The zero-order chi connectivity index (χ0) is 14.0. The minimum atomic E-state index is -0.0174. The van der Waals surface area contributed by atoms with Crippen LogP contribution in [-0.4, -0.2) is 40.6 Å². The average Bonchev–Trinajstić information content (AvgIpc) is 2.41. The van der Waals surface area contributed by atoms with E-state index in [1.54, 1.807) is 0 Å². The van der Waals surface area contributed by atoms with Gasteiger partial charge in [0, 0.05) is 24.8 Å². The number of ether oxygens (including phenoxy) is 1. The highest BCUT2D eigenvalue weighted by Gasteiger charge is 2.25. The Bertz CT molecular complexity index is 503. The minimum absolute atomic E-state index is 0.0174. The fourth-order valence-electron chi connectivity index (χ4n) is 2.22. The highest BCUT2D eigenvalue weighted by Crippen LogP contribution is 2.24. The molecule has 1 saturated heterocycles. The molecule has 1 aromatic heterocycles. The second-order valence-corrected chi connectivity index (χ2v) is 6.20. The number of morpholine rings is 1. The maximum absolute atomic E-state index is 5.84. The molecule has 6 heteroatoms. The molecule has 1 aliphatic heterocycles. The van der Waals surface area contributed by atoms with Crippen molar-refractivity contribution < 1.29 is 4.74 Å². The second kappa shape index (κ2) is 6.43. The van der Waals surface area contributed by atoms with Gasteiger partial charge in [-0.05, 0) is 36.2 Å². The van der Waals surface area contributed by atoms with Crippen molar-refractivity contribution in [3.05, 3.63) is 20.6 Å². The van der Waals surface area contributed by atoms with Crippen molar-refractivity contribution in [1.82, 2.24) is 14.9 Å². The van der Waals surface area contributed by atoms with E-state index >= 15 is 0 Å². The van der Waals surface area contributed by atoms with Gasteiger partial charge in [0.25, 0.3) is 0 Å². The molecule has 4 nitrogen and oxygen atoms in total. The maximum Gasteiger partial charge on any atom is 0.144 e. The van der Waals surface area contributed by atoms with Crippen molar-refractivity contribution in [3.63, 3.8) is 0 Å². The summed E-state index contributed by atoms with van der Waals surface area (Å²) in [4.78, 5) is 10.2. The summed E-state index contributed by atoms with van der Waals surface area (Å²) in [5.41, 5.74) is 1.08. The van der Waals surface area contributed by atoms with Crippen molar-refractivity contribution in [2.24, 2.45) is 0 Å². The normalized spacial score (nSPS) is 21.0. The predicted octanol–water partition coefficient (Wildman–Crippen LogP) is 3.25. The highest BCUT2D eigenvalue weighted by atomic mass is 79.9. The molecule has 0 amide bonds. The van der Waals surface area contributed by atoms with E-state index in [2.05, 4.69) is 51.6 Å². The van der Waals surface area contributed by atoms with Gasteiger partial charge in [-0.15, -0.1) is 0 Å². The minimum Gasteiger partial charge on any atom is -0.368 e. The van der Waals surface area contributed by atoms with Gasteiger partial charge >= 0.3 is 0 Å². The third-order valence-corrected chi connectivity index (χ3v) is 4.85. The van der Waals surface area contributed by atoms with Crippen LogP contribution in [0.5, 0.6) is 0 Å². The smallest absolute Gasteiger partial charge is 0.144 e. The number of aromatic nitrogens is 2. The van der Waals surface area contributed by atoms with Gasteiger partial charge < -0.3 is 9.72 Å². The number of nitrogens with zero attached hydrogens (tertiary/aromatic N) is 2. The average molecular weight is 346 g/mol. The molecule has 0 aliphatic carbocycles. The summed E-state index contributed by atoms with van der Waals surface area (Å²) in [5.74, 6) is 0.843. The molecule has 106 valence electrons. The van der Waals surface area contributed by atoms with E-state index < -0.39 is 0 Å². The van der Waals surface area contributed by atoms with E-state index in [0.717, 1.165) is 42.1 Å². The summed E-state index contributed by atoms with van der Waals surface area (Å²) in [5, 5.41) is 0. The molecule has 1 fully saturated rings. The molecule has 1 aromatic rings. The fraction of sp³-hybridized carbons (Fsp3) is 0.692. The van der Waals surface area contributed by atoms with E-state index in [-0.39, 0.29) is 6.10 Å². The fourth-order valence-corrected chi connectivity index (χ4v) is 2.91. The number of halogens is 1. The van der Waals surface area contributed by atoms with Crippen LogP contribution in [0.4, 0.5) is 0 Å². The van der Waals surface area contributed by atoms with Gasteiger partial charge in [0.15, 0.2) is 0 Å². The molecule has 0 spiro atoms. The molecule has 1 atom stereocenters. The van der Waals surface area contributed by atoms with Crippen molar-refractivity contribution >= 4 is 28.1 Å². The van der Waals surface area contributed by atoms with E-state index in [9.17, 15) is 0 Å². The zero-order valence-corrected chi connectivity index (χ0v) is 14.0. The summed E-state index contributed by atoms with van der Waals surface area (Å²) in [6.07, 6.45) is 0.872. The number of aromatic amines is 1. The van der Waals surface area contributed by atoms with Crippen molar-refractivity contribution in [2.45, 2.75) is 39.3 Å². The molecule has 2 heterocycles. The summed E-state index contributed by atoms with van der Waals surface area (Å²) in [6.45, 7) is 9.08. The van der Waals surface area contributed by atoms with E-state index in [1.807, 2.05) is 0 Å². The molecular formula is C13H20BrN3OS. The molecule has 0 aromatic carbocycles. The Morgan fingerprint density at radius 3 is 2.95 bits per heavy atom. The summed E-state index contributed by atoms with van der Waals surface area (Å²) >= 11 is 8.78. The first-order valence-corrected chi connectivity index (χ1v) is 7.87. The summed E-state index contributed by atoms with van der Waals surface area (Å²) < 4.78 is 7.34. The third-order valence-electron chi connectivity index (χ3n) is 3.44. The molecular weight excluding hydrogens is 326 g/mol. The molecule has 2 rings (SSSR count). The first-order valence-electron chi connectivity index (χ1n) is 6.67. The number of hydrogen-bond donors (Lipinski definition) is 1. The van der Waals surface area contributed by atoms with E-state index in [0.29, 0.717) is 10.7 Å². The van der Waals surface area contributed by atoms with E-state index in [1.165, 1.54) is 0 Å². The maximum atomic E-state index is 5.84. The number of hydrogen-bond acceptors (Lipinski definition) is 4. The summed E-state index contributed by atoms with van der Waals surface area (Å²) in [6, 6.07) is 0.524. The molecule has 0 saturated carbocycles. The molecule has 1 N–H and O–H groups in total. The van der Waals surface area contributed by atoms with Crippen molar-refractivity contribution in [3.8, 4) is 0 Å².